The van der Waals surface area contributed by atoms with Crippen LogP contribution in [0.5, 0.6) is 5.75 Å². The van der Waals surface area contributed by atoms with Crippen LogP contribution in [0.25, 0.3) is 0 Å². The van der Waals surface area contributed by atoms with Crippen molar-refractivity contribution in [3.05, 3.63) is 30.1 Å². The number of carbonyl (C=O) groups is 1. The Morgan fingerprint density at radius 2 is 2.20 bits per heavy atom. The van der Waals surface area contributed by atoms with E-state index in [4.69, 9.17) is 4.74 Å². The maximum absolute atomic E-state index is 13.1. The van der Waals surface area contributed by atoms with Gasteiger partial charge in [-0.05, 0) is 26.0 Å². The third kappa shape index (κ3) is 3.23. The quantitative estimate of drug-likeness (QED) is 0.823. The minimum Gasteiger partial charge on any atom is -0.478 e. The van der Waals surface area contributed by atoms with Crippen LogP contribution in [0.2, 0.25) is 0 Å². The molecule has 0 bridgehead atoms. The lowest BCUT2D eigenvalue weighted by atomic mass is 10.3. The van der Waals surface area contributed by atoms with Gasteiger partial charge in [-0.15, -0.1) is 0 Å². The third-order valence-electron chi connectivity index (χ3n) is 1.86. The second-order valence-electron chi connectivity index (χ2n) is 3.09. The molecule has 0 aromatic heterocycles. The van der Waals surface area contributed by atoms with Crippen molar-refractivity contribution < 1.29 is 13.9 Å². The molecule has 1 aromatic carbocycles. The molecule has 1 N–H and O–H groups in total. The molecule has 0 radical (unpaired) electrons. The van der Waals surface area contributed by atoms with Gasteiger partial charge in [0.05, 0.1) is 0 Å². The van der Waals surface area contributed by atoms with Gasteiger partial charge >= 0.3 is 0 Å². The molecule has 0 fully saturated rings. The van der Waals surface area contributed by atoms with Crippen molar-refractivity contribution in [2.75, 3.05) is 6.54 Å². The van der Waals surface area contributed by atoms with Crippen molar-refractivity contribution >= 4 is 5.91 Å². The first-order valence-corrected chi connectivity index (χ1v) is 4.84. The van der Waals surface area contributed by atoms with E-state index in [1.165, 1.54) is 12.1 Å². The van der Waals surface area contributed by atoms with E-state index < -0.39 is 11.9 Å². The predicted molar refractivity (Wildman–Crippen MR) is 55.2 cm³/mol. The average Bonchev–Trinajstić information content (AvgIpc) is 2.21. The van der Waals surface area contributed by atoms with Crippen molar-refractivity contribution in [2.45, 2.75) is 20.0 Å². The fourth-order valence-corrected chi connectivity index (χ4v) is 1.10. The van der Waals surface area contributed by atoms with Gasteiger partial charge in [-0.3, -0.25) is 4.79 Å². The Kier molecular flexibility index (Phi) is 4.09. The van der Waals surface area contributed by atoms with E-state index in [2.05, 4.69) is 5.32 Å². The van der Waals surface area contributed by atoms with Crippen molar-refractivity contribution in [1.29, 1.82) is 0 Å². The Labute approximate surface area is 88.2 Å². The zero-order valence-corrected chi connectivity index (χ0v) is 8.79. The second kappa shape index (κ2) is 5.34. The molecule has 1 aromatic rings. The molecule has 15 heavy (non-hydrogen) atoms. The summed E-state index contributed by atoms with van der Waals surface area (Å²) in [5.74, 6) is -0.620. The molecule has 1 rings (SSSR count). The van der Waals surface area contributed by atoms with Crippen LogP contribution in [-0.4, -0.2) is 18.6 Å². The first-order chi connectivity index (χ1) is 7.15. The van der Waals surface area contributed by atoms with Crippen LogP contribution in [0.15, 0.2) is 24.3 Å². The standard InChI is InChI=1S/C11H14FNO2/c1-3-13-11(14)8(2)15-10-7-5-4-6-9(10)12/h4-8H,3H2,1-2H3,(H,13,14). The number of halogens is 1. The highest BCUT2D eigenvalue weighted by atomic mass is 19.1. The van der Waals surface area contributed by atoms with E-state index in [-0.39, 0.29) is 11.7 Å². The van der Waals surface area contributed by atoms with Crippen molar-refractivity contribution in [2.24, 2.45) is 0 Å². The lowest BCUT2D eigenvalue weighted by Gasteiger charge is -2.14. The van der Waals surface area contributed by atoms with E-state index in [1.807, 2.05) is 6.92 Å². The second-order valence-corrected chi connectivity index (χ2v) is 3.09. The zero-order chi connectivity index (χ0) is 11.3. The number of para-hydroxylation sites is 1. The highest BCUT2D eigenvalue weighted by Gasteiger charge is 2.14. The molecule has 0 aliphatic carbocycles. The van der Waals surface area contributed by atoms with Crippen molar-refractivity contribution in [3.63, 3.8) is 0 Å². The average molecular weight is 211 g/mol. The summed E-state index contributed by atoms with van der Waals surface area (Å²) in [4.78, 5) is 11.3. The molecule has 1 amide bonds. The zero-order valence-electron chi connectivity index (χ0n) is 8.79. The normalized spacial score (nSPS) is 11.9. The molecule has 1 atom stereocenters. The summed E-state index contributed by atoms with van der Waals surface area (Å²) in [6.07, 6.45) is -0.693. The Morgan fingerprint density at radius 3 is 2.80 bits per heavy atom. The largest absolute Gasteiger partial charge is 0.478 e. The summed E-state index contributed by atoms with van der Waals surface area (Å²) < 4.78 is 18.3. The Balaban J connectivity index is 2.62. The Bertz CT molecular complexity index is 341. The van der Waals surface area contributed by atoms with E-state index in [0.29, 0.717) is 6.54 Å². The van der Waals surface area contributed by atoms with Gasteiger partial charge in [0.15, 0.2) is 17.7 Å². The van der Waals surface area contributed by atoms with Gasteiger partial charge < -0.3 is 10.1 Å². The molecule has 0 spiro atoms. The molecule has 82 valence electrons. The predicted octanol–water partition coefficient (Wildman–Crippen LogP) is 1.73. The topological polar surface area (TPSA) is 38.3 Å². The number of hydrogen-bond donors (Lipinski definition) is 1. The van der Waals surface area contributed by atoms with Crippen LogP contribution in [0.4, 0.5) is 4.39 Å². The van der Waals surface area contributed by atoms with E-state index >= 15 is 0 Å². The van der Waals surface area contributed by atoms with Crippen molar-refractivity contribution in [1.82, 2.24) is 5.32 Å². The summed E-state index contributed by atoms with van der Waals surface area (Å²) in [5, 5.41) is 2.60. The number of nitrogens with one attached hydrogen (secondary N) is 1. The maximum atomic E-state index is 13.1. The van der Waals surface area contributed by atoms with Crippen LogP contribution >= 0.6 is 0 Å². The molecule has 0 saturated heterocycles. The summed E-state index contributed by atoms with van der Waals surface area (Å²) in [6, 6.07) is 6.01. The number of benzene rings is 1. The third-order valence-corrected chi connectivity index (χ3v) is 1.86. The van der Waals surface area contributed by atoms with Gasteiger partial charge in [0.1, 0.15) is 0 Å². The van der Waals surface area contributed by atoms with Crippen LogP contribution < -0.4 is 10.1 Å². The molecular weight excluding hydrogens is 197 g/mol. The highest BCUT2D eigenvalue weighted by Crippen LogP contribution is 2.16. The lowest BCUT2D eigenvalue weighted by Crippen LogP contribution is -2.36. The molecular formula is C11H14FNO2. The van der Waals surface area contributed by atoms with Crippen LogP contribution in [0, 0.1) is 5.82 Å². The molecule has 0 aliphatic heterocycles. The number of carbonyl (C=O) groups excluding carboxylic acids is 1. The lowest BCUT2D eigenvalue weighted by molar-refractivity contribution is -0.127. The highest BCUT2D eigenvalue weighted by molar-refractivity contribution is 5.80. The summed E-state index contributed by atoms with van der Waals surface area (Å²) >= 11 is 0. The SMILES string of the molecule is CCNC(=O)C(C)Oc1ccccc1F. The fourth-order valence-electron chi connectivity index (χ4n) is 1.10. The van der Waals surface area contributed by atoms with Gasteiger partial charge in [0.2, 0.25) is 0 Å². The summed E-state index contributed by atoms with van der Waals surface area (Å²) in [7, 11) is 0. The molecule has 0 heterocycles. The maximum Gasteiger partial charge on any atom is 0.260 e. The number of likely N-dealkylation sites (N-methyl/N-ethyl adjacent to an activating group) is 1. The molecule has 0 aliphatic rings. The summed E-state index contributed by atoms with van der Waals surface area (Å²) in [6.45, 7) is 3.93. The minimum atomic E-state index is -0.693. The Morgan fingerprint density at radius 1 is 1.53 bits per heavy atom. The van der Waals surface area contributed by atoms with Gasteiger partial charge in [-0.25, -0.2) is 4.39 Å². The first kappa shape index (κ1) is 11.5. The van der Waals surface area contributed by atoms with E-state index in [1.54, 1.807) is 19.1 Å². The minimum absolute atomic E-state index is 0.0938. The molecule has 4 heteroatoms. The van der Waals surface area contributed by atoms with E-state index in [0.717, 1.165) is 0 Å². The monoisotopic (exact) mass is 211 g/mol. The van der Waals surface area contributed by atoms with Crippen LogP contribution in [0.1, 0.15) is 13.8 Å². The Hall–Kier alpha value is -1.58. The molecule has 1 unspecified atom stereocenters. The smallest absolute Gasteiger partial charge is 0.260 e. The van der Waals surface area contributed by atoms with Crippen molar-refractivity contribution in [3.8, 4) is 5.75 Å². The first-order valence-electron chi connectivity index (χ1n) is 4.84. The van der Waals surface area contributed by atoms with Gasteiger partial charge in [0.25, 0.3) is 5.91 Å². The number of amides is 1. The van der Waals surface area contributed by atoms with Crippen LogP contribution in [-0.2, 0) is 4.79 Å². The van der Waals surface area contributed by atoms with E-state index in [9.17, 15) is 9.18 Å². The van der Waals surface area contributed by atoms with Gasteiger partial charge in [0, 0.05) is 6.54 Å². The van der Waals surface area contributed by atoms with Gasteiger partial charge in [-0.1, -0.05) is 12.1 Å². The fraction of sp³-hybridized carbons (Fsp3) is 0.364. The molecule has 3 nitrogen and oxygen atoms in total. The molecule has 0 saturated carbocycles. The number of rotatable bonds is 4. The number of ether oxygens (including phenoxy) is 1. The number of hydrogen-bond acceptors (Lipinski definition) is 2. The summed E-state index contributed by atoms with van der Waals surface area (Å²) in [5.41, 5.74) is 0. The van der Waals surface area contributed by atoms with Gasteiger partial charge in [-0.2, -0.15) is 0 Å². The van der Waals surface area contributed by atoms with Crippen LogP contribution in [0.3, 0.4) is 0 Å².